The zero-order chi connectivity index (χ0) is 44.3. The van der Waals surface area contributed by atoms with Gasteiger partial charge in [-0.05, 0) is 95.8 Å². The zero-order valence-corrected chi connectivity index (χ0v) is 34.4. The second-order valence-corrected chi connectivity index (χ2v) is 12.9. The quantitative estimate of drug-likeness (QED) is 0.118. The zero-order valence-electron chi connectivity index (χ0n) is 33.7. The lowest BCUT2D eigenvalue weighted by atomic mass is 9.96. The fourth-order valence-corrected chi connectivity index (χ4v) is 5.92. The van der Waals surface area contributed by atoms with Gasteiger partial charge in [-0.25, -0.2) is 28.3 Å². The van der Waals surface area contributed by atoms with Gasteiger partial charge in [-0.3, -0.25) is 5.32 Å². The summed E-state index contributed by atoms with van der Waals surface area (Å²) in [5.41, 5.74) is 10.2. The number of hydrogen-bond donors (Lipinski definition) is 2. The number of nitrogens with two attached hydrogens (primary N) is 1. The van der Waals surface area contributed by atoms with E-state index in [4.69, 9.17) is 42.1 Å². The first kappa shape index (κ1) is 48.8. The van der Waals surface area contributed by atoms with Crippen molar-refractivity contribution in [2.45, 2.75) is 34.1 Å². The Balaban J connectivity index is 0.000000291. The van der Waals surface area contributed by atoms with E-state index in [0.717, 1.165) is 11.1 Å². The third-order valence-electron chi connectivity index (χ3n) is 8.59. The summed E-state index contributed by atoms with van der Waals surface area (Å²) in [6.45, 7) is 4.02. The van der Waals surface area contributed by atoms with Crippen LogP contribution >= 0.6 is 11.6 Å². The molecule has 1 amide bonds. The van der Waals surface area contributed by atoms with Gasteiger partial charge in [-0.2, -0.15) is 10.5 Å². The molecule has 0 aliphatic heterocycles. The van der Waals surface area contributed by atoms with E-state index in [1.54, 1.807) is 117 Å². The number of nitrogens with zero attached hydrogens (tertiary/aromatic N) is 4. The van der Waals surface area contributed by atoms with Crippen LogP contribution in [0.2, 0.25) is 0 Å². The summed E-state index contributed by atoms with van der Waals surface area (Å²) >= 11 is 4.72. The highest BCUT2D eigenvalue weighted by atomic mass is 35.5. The maximum atomic E-state index is 15.4. The Kier molecular flexibility index (Phi) is 19.3. The van der Waals surface area contributed by atoms with E-state index in [-0.39, 0.29) is 19.9 Å². The number of nitrogen functional groups attached to an aromatic ring is 1. The molecule has 0 saturated heterocycles. The molecule has 0 atom stereocenters. The van der Waals surface area contributed by atoms with Crippen molar-refractivity contribution in [1.29, 1.82) is 10.5 Å². The van der Waals surface area contributed by atoms with Crippen LogP contribution < -0.4 is 20.5 Å². The molecule has 0 fully saturated rings. The number of ether oxygens (including phenoxy) is 4. The van der Waals surface area contributed by atoms with Crippen LogP contribution in [0.5, 0.6) is 11.5 Å². The number of nitrogens with one attached hydrogen (secondary N) is 1. The number of rotatable bonds is 11. The lowest BCUT2D eigenvalue weighted by Crippen LogP contribution is -2.14. The molecule has 6 aromatic rings. The van der Waals surface area contributed by atoms with Gasteiger partial charge in [0.05, 0.1) is 61.8 Å². The summed E-state index contributed by atoms with van der Waals surface area (Å²) in [5, 5.41) is 20.7. The van der Waals surface area contributed by atoms with Crippen LogP contribution in [-0.2, 0) is 22.3 Å². The number of hydrogen-bond acceptors (Lipinski definition) is 11. The van der Waals surface area contributed by atoms with E-state index in [0.29, 0.717) is 87.1 Å². The molecule has 0 bridgehead atoms. The lowest BCUT2D eigenvalue weighted by molar-refractivity contribution is 0.167. The van der Waals surface area contributed by atoms with Gasteiger partial charge in [0.15, 0.2) is 0 Å². The van der Waals surface area contributed by atoms with E-state index in [2.05, 4.69) is 32.2 Å². The van der Waals surface area contributed by atoms with Crippen molar-refractivity contribution >= 4 is 34.8 Å². The molecule has 3 N–H and O–H groups in total. The monoisotopic (exact) mass is 862 g/mol. The van der Waals surface area contributed by atoms with Gasteiger partial charge in [-0.15, -0.1) is 0 Å². The third kappa shape index (κ3) is 13.8. The fourth-order valence-electron chi connectivity index (χ4n) is 5.81. The first-order valence-corrected chi connectivity index (χ1v) is 19.0. The smallest absolute Gasteiger partial charge is 0.412 e. The Morgan fingerprint density at radius 3 is 1.56 bits per heavy atom. The van der Waals surface area contributed by atoms with Gasteiger partial charge in [0, 0.05) is 36.8 Å². The molecule has 0 aliphatic rings. The normalized spacial score (nSPS) is 9.82. The molecular formula is C47H45ClF2N6O6. The average molecular weight is 863 g/mol. The average Bonchev–Trinajstić information content (AvgIpc) is 3.26. The van der Waals surface area contributed by atoms with Crippen molar-refractivity contribution in [2.75, 3.05) is 38.5 Å². The van der Waals surface area contributed by atoms with Crippen molar-refractivity contribution in [3.05, 3.63) is 154 Å². The van der Waals surface area contributed by atoms with Crippen molar-refractivity contribution in [2.24, 2.45) is 0 Å². The Labute approximate surface area is 364 Å². The number of carbonyl (C=O) groups is 2. The molecule has 4 aromatic carbocycles. The molecule has 6 rings (SSSR count). The van der Waals surface area contributed by atoms with Crippen LogP contribution in [0.15, 0.2) is 109 Å². The van der Waals surface area contributed by atoms with Gasteiger partial charge in [0.1, 0.15) is 34.8 Å². The summed E-state index contributed by atoms with van der Waals surface area (Å²) in [6, 6.07) is 31.4. The van der Waals surface area contributed by atoms with Crippen LogP contribution in [0.1, 0.15) is 54.7 Å². The number of carbonyl (C=O) groups excluding carboxylic acids is 2. The van der Waals surface area contributed by atoms with Crippen LogP contribution in [0.4, 0.5) is 30.0 Å². The molecule has 0 unspecified atom stereocenters. The minimum absolute atomic E-state index is 0. The van der Waals surface area contributed by atoms with E-state index >= 15 is 8.78 Å². The number of aromatic nitrogens is 2. The van der Waals surface area contributed by atoms with Crippen molar-refractivity contribution in [3.63, 3.8) is 0 Å². The number of benzene rings is 4. The summed E-state index contributed by atoms with van der Waals surface area (Å²) in [6.07, 6.45) is 3.31. The summed E-state index contributed by atoms with van der Waals surface area (Å²) in [4.78, 5) is 29.2. The highest BCUT2D eigenvalue weighted by Gasteiger charge is 2.19. The van der Waals surface area contributed by atoms with Gasteiger partial charge in [0.25, 0.3) is 0 Å². The molecule has 2 heterocycles. The van der Waals surface area contributed by atoms with Crippen LogP contribution in [0.25, 0.3) is 22.3 Å². The minimum Gasteiger partial charge on any atom is -0.496 e. The molecule has 12 nitrogen and oxygen atoms in total. The summed E-state index contributed by atoms with van der Waals surface area (Å²) in [5.74, 6) is 0.795. The number of methoxy groups -OCH3 is 2. The molecule has 62 heavy (non-hydrogen) atoms. The van der Waals surface area contributed by atoms with Crippen LogP contribution in [0, 0.1) is 34.3 Å². The van der Waals surface area contributed by atoms with E-state index in [1.807, 2.05) is 6.07 Å². The largest absolute Gasteiger partial charge is 0.496 e. The Bertz CT molecular complexity index is 2530. The standard InChI is InChI=1S/C23H20FN3O3.C20H16FN3O.C3H5ClO2.CH4/c1-3-30-23(28)27-20-10-7-16(14-26-20)12-18-8-9-19(29-2)21(22(18)24)17-6-4-5-15(11-17)13-25;1-25-17-7-6-16(10-14-5-8-18(23)24-12-14)20(21)19(17)15-4-2-3-13(9-15)11-22;1-2-6-3(4)5;/h4-11,14H,3,12H2,1-2H3,(H,26,27,28);2-9,12H,10H2,1H3,(H2,23,24);2H2,1H3;1H4. The molecule has 320 valence electrons. The number of amides is 1. The summed E-state index contributed by atoms with van der Waals surface area (Å²) in [7, 11) is 2.97. The third-order valence-corrected chi connectivity index (χ3v) is 8.70. The lowest BCUT2D eigenvalue weighted by Gasteiger charge is -2.14. The first-order chi connectivity index (χ1) is 29.4. The second-order valence-electron chi connectivity index (χ2n) is 12.6. The van der Waals surface area contributed by atoms with E-state index < -0.39 is 17.3 Å². The SMILES string of the molecule is C.CCOC(=O)Cl.CCOC(=O)Nc1ccc(Cc2ccc(OC)c(-c3cccc(C#N)c3)c2F)cn1.COc1ccc(Cc2ccc(N)nc2)c(F)c1-c1cccc(C#N)c1. The Morgan fingerprint density at radius 1 is 0.710 bits per heavy atom. The minimum atomic E-state index is -0.738. The van der Waals surface area contributed by atoms with Gasteiger partial charge in [-0.1, -0.05) is 56.0 Å². The number of anilines is 2. The number of halogens is 3. The van der Waals surface area contributed by atoms with E-state index in [9.17, 15) is 9.59 Å². The Hall–Kier alpha value is -7.55. The van der Waals surface area contributed by atoms with Crippen molar-refractivity contribution < 1.29 is 37.3 Å². The maximum Gasteiger partial charge on any atom is 0.412 e. The fraction of sp³-hybridized carbons (Fsp3) is 0.191. The number of nitriles is 2. The molecule has 0 saturated carbocycles. The van der Waals surface area contributed by atoms with Crippen molar-refractivity contribution in [3.8, 4) is 45.9 Å². The predicted octanol–water partition coefficient (Wildman–Crippen LogP) is 10.9. The van der Waals surface area contributed by atoms with Gasteiger partial charge >= 0.3 is 11.5 Å². The van der Waals surface area contributed by atoms with Crippen molar-refractivity contribution in [1.82, 2.24) is 9.97 Å². The van der Waals surface area contributed by atoms with Gasteiger partial charge < -0.3 is 24.7 Å². The number of pyridine rings is 2. The Morgan fingerprint density at radius 2 is 1.19 bits per heavy atom. The first-order valence-electron chi connectivity index (χ1n) is 18.6. The summed E-state index contributed by atoms with van der Waals surface area (Å²) < 4.78 is 50.2. The highest BCUT2D eigenvalue weighted by Crippen LogP contribution is 2.37. The molecule has 15 heteroatoms. The molecule has 2 aromatic heterocycles. The topological polar surface area (TPSA) is 182 Å². The highest BCUT2D eigenvalue weighted by molar-refractivity contribution is 6.61. The molecule has 0 spiro atoms. The molecular weight excluding hydrogens is 818 g/mol. The molecule has 0 aliphatic carbocycles. The molecule has 0 radical (unpaired) electrons. The van der Waals surface area contributed by atoms with Gasteiger partial charge in [0.2, 0.25) is 0 Å². The predicted molar refractivity (Wildman–Crippen MR) is 235 cm³/mol. The maximum absolute atomic E-state index is 15.4. The van der Waals surface area contributed by atoms with E-state index in [1.165, 1.54) is 14.2 Å². The second kappa shape index (κ2) is 24.5. The van der Waals surface area contributed by atoms with Crippen LogP contribution in [0.3, 0.4) is 0 Å². The van der Waals surface area contributed by atoms with Crippen LogP contribution in [-0.4, -0.2) is 48.9 Å².